The van der Waals surface area contributed by atoms with Gasteiger partial charge >= 0.3 is 0 Å². The molecule has 0 aromatic heterocycles. The molecule has 0 bridgehead atoms. The Morgan fingerprint density at radius 2 is 1.89 bits per heavy atom. The number of carbonyl (C=O) groups is 1. The molecule has 0 aliphatic carbocycles. The maximum absolute atomic E-state index is 11.6. The van der Waals surface area contributed by atoms with Gasteiger partial charge in [0.05, 0.1) is 6.04 Å². The highest BCUT2D eigenvalue weighted by molar-refractivity contribution is 9.10. The van der Waals surface area contributed by atoms with E-state index in [2.05, 4.69) is 21.2 Å². The van der Waals surface area contributed by atoms with Gasteiger partial charge in [-0.3, -0.25) is 4.79 Å². The molecule has 0 fully saturated rings. The Balaban J connectivity index is 0.00000289. The maximum atomic E-state index is 11.6. The molecule has 0 saturated heterocycles. The summed E-state index contributed by atoms with van der Waals surface area (Å²) in [6, 6.07) is 7.66. The van der Waals surface area contributed by atoms with Crippen LogP contribution in [-0.2, 0) is 11.2 Å². The van der Waals surface area contributed by atoms with Gasteiger partial charge in [0.25, 0.3) is 0 Å². The average Bonchev–Trinajstić information content (AvgIpc) is 2.30. The number of carbonyl (C=O) groups excluding carboxylic acids is 1. The highest BCUT2D eigenvalue weighted by Crippen LogP contribution is 2.10. The van der Waals surface area contributed by atoms with Gasteiger partial charge in [-0.25, -0.2) is 0 Å². The normalized spacial score (nSPS) is 11.8. The standard InChI is InChI=1S/C13H19BrN2O.ClH/c1-9(2)12(15)13(17)16-8-7-10-3-5-11(14)6-4-10;/h3-6,9,12H,7-8,15H2,1-2H3,(H,16,17);1H/t12-;/m1./s1. The number of benzene rings is 1. The summed E-state index contributed by atoms with van der Waals surface area (Å²) in [6.07, 6.45) is 0.823. The van der Waals surface area contributed by atoms with Crippen LogP contribution in [0.15, 0.2) is 28.7 Å². The van der Waals surface area contributed by atoms with Gasteiger partial charge in [0.1, 0.15) is 0 Å². The van der Waals surface area contributed by atoms with Crippen molar-refractivity contribution in [1.82, 2.24) is 5.32 Å². The van der Waals surface area contributed by atoms with Crippen LogP contribution in [0.3, 0.4) is 0 Å². The zero-order chi connectivity index (χ0) is 12.8. The summed E-state index contributed by atoms with van der Waals surface area (Å²) in [4.78, 5) is 11.6. The molecule has 5 heteroatoms. The van der Waals surface area contributed by atoms with Crippen LogP contribution >= 0.6 is 28.3 Å². The van der Waals surface area contributed by atoms with Crippen LogP contribution < -0.4 is 11.1 Å². The van der Waals surface area contributed by atoms with Gasteiger partial charge in [0, 0.05) is 11.0 Å². The minimum atomic E-state index is -0.417. The number of nitrogens with one attached hydrogen (secondary N) is 1. The van der Waals surface area contributed by atoms with Crippen molar-refractivity contribution < 1.29 is 4.79 Å². The molecule has 3 N–H and O–H groups in total. The van der Waals surface area contributed by atoms with Gasteiger partial charge < -0.3 is 11.1 Å². The Hall–Kier alpha value is -0.580. The third kappa shape index (κ3) is 5.85. The summed E-state index contributed by atoms with van der Waals surface area (Å²) >= 11 is 3.39. The first-order chi connectivity index (χ1) is 8.00. The highest BCUT2D eigenvalue weighted by atomic mass is 79.9. The Bertz CT molecular complexity index is 368. The van der Waals surface area contributed by atoms with Crippen molar-refractivity contribution in [2.75, 3.05) is 6.54 Å². The maximum Gasteiger partial charge on any atom is 0.237 e. The van der Waals surface area contributed by atoms with Gasteiger partial charge in [-0.15, -0.1) is 12.4 Å². The summed E-state index contributed by atoms with van der Waals surface area (Å²) in [6.45, 7) is 4.51. The molecule has 0 spiro atoms. The second-order valence-electron chi connectivity index (χ2n) is 4.44. The van der Waals surface area contributed by atoms with E-state index in [0.717, 1.165) is 10.9 Å². The fraction of sp³-hybridized carbons (Fsp3) is 0.462. The molecule has 1 rings (SSSR count). The van der Waals surface area contributed by atoms with Gasteiger partial charge in [0.2, 0.25) is 5.91 Å². The van der Waals surface area contributed by atoms with Crippen molar-refractivity contribution in [3.63, 3.8) is 0 Å². The first-order valence-corrected chi connectivity index (χ1v) is 6.57. The minimum absolute atomic E-state index is 0. The molecule has 18 heavy (non-hydrogen) atoms. The second kappa shape index (κ2) is 8.51. The SMILES string of the molecule is CC(C)[C@@H](N)C(=O)NCCc1ccc(Br)cc1.Cl. The first-order valence-electron chi connectivity index (χ1n) is 5.78. The largest absolute Gasteiger partial charge is 0.354 e. The molecule has 1 aromatic carbocycles. The molecule has 0 unspecified atom stereocenters. The van der Waals surface area contributed by atoms with Crippen LogP contribution in [-0.4, -0.2) is 18.5 Å². The van der Waals surface area contributed by atoms with Crippen molar-refractivity contribution in [1.29, 1.82) is 0 Å². The van der Waals surface area contributed by atoms with Gasteiger partial charge in [0.15, 0.2) is 0 Å². The molecule has 0 radical (unpaired) electrons. The summed E-state index contributed by atoms with van der Waals surface area (Å²) in [5.41, 5.74) is 6.94. The van der Waals surface area contributed by atoms with Crippen LogP contribution in [0.5, 0.6) is 0 Å². The Morgan fingerprint density at radius 3 is 2.39 bits per heavy atom. The molecule has 0 saturated carbocycles. The molecule has 3 nitrogen and oxygen atoms in total. The Kier molecular flexibility index (Phi) is 8.24. The zero-order valence-corrected chi connectivity index (χ0v) is 13.1. The van der Waals surface area contributed by atoms with E-state index >= 15 is 0 Å². The molecular weight excluding hydrogens is 316 g/mol. The number of hydrogen-bond donors (Lipinski definition) is 2. The lowest BCUT2D eigenvalue weighted by molar-refractivity contribution is -0.123. The van der Waals surface area contributed by atoms with Crippen LogP contribution in [0, 0.1) is 5.92 Å². The summed E-state index contributed by atoms with van der Waals surface area (Å²) < 4.78 is 1.06. The predicted octanol–water partition coefficient (Wildman–Crippen LogP) is 2.51. The molecular formula is C13H20BrClN2O. The zero-order valence-electron chi connectivity index (χ0n) is 10.7. The van der Waals surface area contributed by atoms with Crippen LogP contribution in [0.25, 0.3) is 0 Å². The smallest absolute Gasteiger partial charge is 0.237 e. The molecule has 0 aliphatic rings. The lowest BCUT2D eigenvalue weighted by Gasteiger charge is -2.15. The molecule has 0 aliphatic heterocycles. The monoisotopic (exact) mass is 334 g/mol. The molecule has 1 aromatic rings. The van der Waals surface area contributed by atoms with Crippen LogP contribution in [0.1, 0.15) is 19.4 Å². The third-order valence-electron chi connectivity index (χ3n) is 2.65. The van der Waals surface area contributed by atoms with Crippen LogP contribution in [0.2, 0.25) is 0 Å². The molecule has 1 atom stereocenters. The van der Waals surface area contributed by atoms with Crippen molar-refractivity contribution in [3.8, 4) is 0 Å². The van der Waals surface area contributed by atoms with E-state index in [-0.39, 0.29) is 24.2 Å². The van der Waals surface area contributed by atoms with E-state index in [4.69, 9.17) is 5.73 Å². The average molecular weight is 336 g/mol. The van der Waals surface area contributed by atoms with Crippen molar-refractivity contribution in [2.45, 2.75) is 26.3 Å². The third-order valence-corrected chi connectivity index (χ3v) is 3.18. The highest BCUT2D eigenvalue weighted by Gasteiger charge is 2.16. The molecule has 1 amide bonds. The fourth-order valence-electron chi connectivity index (χ4n) is 1.40. The van der Waals surface area contributed by atoms with Gasteiger partial charge in [-0.1, -0.05) is 41.9 Å². The van der Waals surface area contributed by atoms with Gasteiger partial charge in [-0.05, 0) is 30.0 Å². The fourth-order valence-corrected chi connectivity index (χ4v) is 1.67. The summed E-state index contributed by atoms with van der Waals surface area (Å²) in [5, 5.41) is 2.85. The van der Waals surface area contributed by atoms with E-state index in [9.17, 15) is 4.79 Å². The topological polar surface area (TPSA) is 55.1 Å². The predicted molar refractivity (Wildman–Crippen MR) is 80.9 cm³/mol. The molecule has 0 heterocycles. The lowest BCUT2D eigenvalue weighted by Crippen LogP contribution is -2.44. The number of amides is 1. The first kappa shape index (κ1) is 17.4. The number of nitrogens with two attached hydrogens (primary N) is 1. The van der Waals surface area contributed by atoms with Crippen molar-refractivity contribution >= 4 is 34.2 Å². The number of halogens is 2. The summed E-state index contributed by atoms with van der Waals surface area (Å²) in [7, 11) is 0. The Labute approximate surface area is 123 Å². The molecule has 102 valence electrons. The lowest BCUT2D eigenvalue weighted by atomic mass is 10.0. The summed E-state index contributed by atoms with van der Waals surface area (Å²) in [5.74, 6) is 0.0970. The van der Waals surface area contributed by atoms with E-state index < -0.39 is 6.04 Å². The van der Waals surface area contributed by atoms with E-state index in [1.807, 2.05) is 38.1 Å². The minimum Gasteiger partial charge on any atom is -0.354 e. The number of hydrogen-bond acceptors (Lipinski definition) is 2. The second-order valence-corrected chi connectivity index (χ2v) is 5.35. The quantitative estimate of drug-likeness (QED) is 0.868. The van der Waals surface area contributed by atoms with Crippen LogP contribution in [0.4, 0.5) is 0 Å². The Morgan fingerprint density at radius 1 is 1.33 bits per heavy atom. The van der Waals surface area contributed by atoms with Gasteiger partial charge in [-0.2, -0.15) is 0 Å². The van der Waals surface area contributed by atoms with Crippen molar-refractivity contribution in [3.05, 3.63) is 34.3 Å². The number of rotatable bonds is 5. The van der Waals surface area contributed by atoms with E-state index in [1.165, 1.54) is 5.56 Å². The van der Waals surface area contributed by atoms with E-state index in [1.54, 1.807) is 0 Å². The van der Waals surface area contributed by atoms with E-state index in [0.29, 0.717) is 6.54 Å². The van der Waals surface area contributed by atoms with Crippen molar-refractivity contribution in [2.24, 2.45) is 11.7 Å².